The van der Waals surface area contributed by atoms with Gasteiger partial charge < -0.3 is 4.57 Å². The van der Waals surface area contributed by atoms with Crippen molar-refractivity contribution >= 4 is 39.3 Å². The Hall–Kier alpha value is -7.30. The Morgan fingerprint density at radius 3 is 1.40 bits per heavy atom. The van der Waals surface area contributed by atoms with Crippen LogP contribution in [0.3, 0.4) is 0 Å². The van der Waals surface area contributed by atoms with Gasteiger partial charge in [0.05, 0.1) is 33.5 Å². The summed E-state index contributed by atoms with van der Waals surface area (Å²) < 4.78 is 2.20. The van der Waals surface area contributed by atoms with Crippen molar-refractivity contribution in [2.45, 2.75) is 27.7 Å². The van der Waals surface area contributed by atoms with Crippen LogP contribution in [0.2, 0.25) is 0 Å². The van der Waals surface area contributed by atoms with Crippen molar-refractivity contribution in [3.8, 4) is 50.2 Å². The lowest BCUT2D eigenvalue weighted by Crippen LogP contribution is -2.30. The van der Waals surface area contributed by atoms with Gasteiger partial charge in [-0.15, -0.1) is 0 Å². The number of fused-ring (bicyclic) bond motifs is 4. The predicted molar refractivity (Wildman–Crippen MR) is 239 cm³/mol. The van der Waals surface area contributed by atoms with Crippen LogP contribution in [0, 0.1) is 27.7 Å². The molecule has 0 unspecified atom stereocenters. The molecule has 0 fully saturated rings. The van der Waals surface area contributed by atoms with Gasteiger partial charge in [-0.05, 0) is 97.0 Å². The zero-order valence-electron chi connectivity index (χ0n) is 32.9. The monoisotopic (exact) mass is 748 g/mol. The summed E-state index contributed by atoms with van der Waals surface area (Å²) in [5, 5.41) is 2.14. The standard InChI is InChI=1S/C54H40N2O2/c1-33-24-34(2)27-42(26-33)40-19-22-45-46-23-20-41(43-28-35(3)25-36(4)29-43)32-51(46)55(50(45)31-40)48-17-11-16-47-52(48)54(58)56(53(47)57)49-30-39(37-12-7-5-8-13-37)18-21-44(49)38-14-9-6-10-15-38/h5-32H,1-4H3. The van der Waals surface area contributed by atoms with Crippen molar-refractivity contribution in [3.05, 3.63) is 203 Å². The minimum absolute atomic E-state index is 0.336. The second-order valence-corrected chi connectivity index (χ2v) is 15.7. The first-order valence-electron chi connectivity index (χ1n) is 19.7. The molecule has 2 amide bonds. The van der Waals surface area contributed by atoms with Crippen LogP contribution in [-0.4, -0.2) is 16.4 Å². The van der Waals surface area contributed by atoms with Crippen LogP contribution >= 0.6 is 0 Å². The summed E-state index contributed by atoms with van der Waals surface area (Å²) in [6.07, 6.45) is 0. The highest BCUT2D eigenvalue weighted by molar-refractivity contribution is 6.36. The summed E-state index contributed by atoms with van der Waals surface area (Å²) in [6, 6.07) is 58.2. The average Bonchev–Trinajstić information content (AvgIpc) is 3.69. The van der Waals surface area contributed by atoms with Gasteiger partial charge in [0.1, 0.15) is 0 Å². The van der Waals surface area contributed by atoms with Crippen molar-refractivity contribution in [3.63, 3.8) is 0 Å². The Morgan fingerprint density at radius 2 is 0.845 bits per heavy atom. The predicted octanol–water partition coefficient (Wildman–Crippen LogP) is 13.5. The lowest BCUT2D eigenvalue weighted by atomic mass is 9.97. The van der Waals surface area contributed by atoms with E-state index in [1.54, 1.807) is 6.07 Å². The van der Waals surface area contributed by atoms with E-state index in [1.165, 1.54) is 27.2 Å². The summed E-state index contributed by atoms with van der Waals surface area (Å²) >= 11 is 0. The molecule has 4 nitrogen and oxygen atoms in total. The first-order chi connectivity index (χ1) is 28.2. The molecule has 10 rings (SSSR count). The summed E-state index contributed by atoms with van der Waals surface area (Å²) in [7, 11) is 0. The molecule has 0 N–H and O–H groups in total. The van der Waals surface area contributed by atoms with Gasteiger partial charge in [-0.1, -0.05) is 162 Å². The number of carbonyl (C=O) groups excluding carboxylic acids is 2. The zero-order valence-corrected chi connectivity index (χ0v) is 32.9. The second-order valence-electron chi connectivity index (χ2n) is 15.7. The summed E-state index contributed by atoms with van der Waals surface area (Å²) in [6.45, 7) is 8.50. The third-order valence-electron chi connectivity index (χ3n) is 11.4. The fourth-order valence-electron chi connectivity index (χ4n) is 8.98. The van der Waals surface area contributed by atoms with Gasteiger partial charge in [-0.3, -0.25) is 9.59 Å². The fraction of sp³-hybridized carbons (Fsp3) is 0.0741. The number of anilines is 1. The highest BCUT2D eigenvalue weighted by atomic mass is 16.2. The van der Waals surface area contributed by atoms with E-state index in [0.29, 0.717) is 22.5 Å². The van der Waals surface area contributed by atoms with E-state index in [-0.39, 0.29) is 11.8 Å². The fourth-order valence-corrected chi connectivity index (χ4v) is 8.98. The van der Waals surface area contributed by atoms with Crippen molar-refractivity contribution < 1.29 is 9.59 Å². The Kier molecular flexibility index (Phi) is 8.31. The van der Waals surface area contributed by atoms with E-state index in [4.69, 9.17) is 0 Å². The van der Waals surface area contributed by atoms with Gasteiger partial charge in [-0.2, -0.15) is 0 Å². The molecule has 4 heteroatoms. The number of carbonyl (C=O) groups is 2. The van der Waals surface area contributed by atoms with Gasteiger partial charge in [0.2, 0.25) is 0 Å². The maximum atomic E-state index is 15.2. The Morgan fingerprint density at radius 1 is 0.345 bits per heavy atom. The van der Waals surface area contributed by atoms with E-state index >= 15 is 4.79 Å². The second kappa shape index (κ2) is 13.7. The largest absolute Gasteiger partial charge is 0.308 e. The maximum absolute atomic E-state index is 15.2. The molecule has 0 saturated heterocycles. The van der Waals surface area contributed by atoms with Crippen molar-refractivity contribution in [1.82, 2.24) is 4.57 Å². The third-order valence-corrected chi connectivity index (χ3v) is 11.4. The smallest absolute Gasteiger partial charge is 0.268 e. The van der Waals surface area contributed by atoms with Crippen LogP contribution in [-0.2, 0) is 0 Å². The topological polar surface area (TPSA) is 42.3 Å². The number of aryl methyl sites for hydroxylation is 4. The van der Waals surface area contributed by atoms with E-state index in [9.17, 15) is 4.79 Å². The van der Waals surface area contributed by atoms with Crippen LogP contribution in [0.5, 0.6) is 0 Å². The molecule has 278 valence electrons. The van der Waals surface area contributed by atoms with Crippen molar-refractivity contribution in [1.29, 1.82) is 0 Å². The average molecular weight is 749 g/mol. The van der Waals surface area contributed by atoms with E-state index in [1.807, 2.05) is 84.9 Å². The van der Waals surface area contributed by atoms with E-state index in [0.717, 1.165) is 66.3 Å². The number of hydrogen-bond donors (Lipinski definition) is 0. The van der Waals surface area contributed by atoms with Crippen LogP contribution in [0.15, 0.2) is 170 Å². The number of aromatic nitrogens is 1. The Bertz CT molecular complexity index is 2990. The SMILES string of the molecule is Cc1cc(C)cc(-c2ccc3c4ccc(-c5cc(C)cc(C)c5)cc4n(-c4cccc5c4C(=O)N(c4cc(-c6ccccc6)ccc4-c4ccccc4)C5=O)c3c2)c1. The summed E-state index contributed by atoms with van der Waals surface area (Å²) in [5.41, 5.74) is 16.8. The van der Waals surface area contributed by atoms with Crippen LogP contribution in [0.1, 0.15) is 43.0 Å². The molecule has 1 aliphatic rings. The van der Waals surface area contributed by atoms with Gasteiger partial charge in [-0.25, -0.2) is 4.90 Å². The molecule has 1 aromatic heterocycles. The molecule has 0 bridgehead atoms. The van der Waals surface area contributed by atoms with Crippen LogP contribution in [0.25, 0.3) is 72.0 Å². The molecule has 1 aliphatic heterocycles. The highest BCUT2D eigenvalue weighted by Gasteiger charge is 2.40. The molecule has 2 heterocycles. The molecule has 58 heavy (non-hydrogen) atoms. The van der Waals surface area contributed by atoms with Gasteiger partial charge >= 0.3 is 0 Å². The number of nitrogens with zero attached hydrogens (tertiary/aromatic N) is 2. The van der Waals surface area contributed by atoms with Crippen LogP contribution in [0.4, 0.5) is 5.69 Å². The first kappa shape index (κ1) is 35.1. The van der Waals surface area contributed by atoms with Crippen molar-refractivity contribution in [2.75, 3.05) is 4.90 Å². The normalized spacial score (nSPS) is 12.5. The molecule has 8 aromatic carbocycles. The quantitative estimate of drug-likeness (QED) is 0.159. The molecule has 0 atom stereocenters. The minimum atomic E-state index is -0.344. The first-order valence-corrected chi connectivity index (χ1v) is 19.7. The molecule has 0 aliphatic carbocycles. The molecular formula is C54H40N2O2. The third kappa shape index (κ3) is 5.84. The summed E-state index contributed by atoms with van der Waals surface area (Å²) in [4.78, 5) is 31.4. The van der Waals surface area contributed by atoms with Gasteiger partial charge in [0, 0.05) is 16.3 Å². The Balaban J connectivity index is 1.22. The summed E-state index contributed by atoms with van der Waals surface area (Å²) in [5.74, 6) is -0.680. The number of amides is 2. The number of hydrogen-bond acceptors (Lipinski definition) is 2. The maximum Gasteiger partial charge on any atom is 0.268 e. The Labute approximate surface area is 338 Å². The van der Waals surface area contributed by atoms with E-state index < -0.39 is 0 Å². The molecule has 0 radical (unpaired) electrons. The van der Waals surface area contributed by atoms with E-state index in [2.05, 4.69) is 111 Å². The van der Waals surface area contributed by atoms with Gasteiger partial charge in [0.15, 0.2) is 0 Å². The number of imide groups is 1. The van der Waals surface area contributed by atoms with Crippen LogP contribution < -0.4 is 4.90 Å². The zero-order chi connectivity index (χ0) is 39.7. The molecule has 0 spiro atoms. The molecule has 9 aromatic rings. The molecule has 0 saturated carbocycles. The minimum Gasteiger partial charge on any atom is -0.308 e. The lowest BCUT2D eigenvalue weighted by molar-refractivity contribution is 0.0926. The molecular weight excluding hydrogens is 709 g/mol. The number of benzene rings is 8. The van der Waals surface area contributed by atoms with Gasteiger partial charge in [0.25, 0.3) is 11.8 Å². The highest BCUT2D eigenvalue weighted by Crippen LogP contribution is 2.43. The van der Waals surface area contributed by atoms with Crippen molar-refractivity contribution in [2.24, 2.45) is 0 Å². The number of rotatable bonds is 6. The lowest BCUT2D eigenvalue weighted by Gasteiger charge is -2.20.